The van der Waals surface area contributed by atoms with E-state index < -0.39 is 0 Å². The van der Waals surface area contributed by atoms with Crippen LogP contribution >= 0.6 is 0 Å². The van der Waals surface area contributed by atoms with E-state index in [2.05, 4.69) is 30.5 Å². The number of benzene rings is 2. The minimum absolute atomic E-state index is 0.0583. The zero-order valence-electron chi connectivity index (χ0n) is 14.1. The standard InChI is InChI=1S/C19H24N2O2/c1-13(2)17-7-5-6-14(3)19(17)21-18(22)12-20-15-8-10-16(23-4)11-9-15/h5-11,13,20H,12H2,1-4H3,(H,21,22). The molecule has 0 atom stereocenters. The quantitative estimate of drug-likeness (QED) is 0.841. The van der Waals surface area contributed by atoms with Crippen LogP contribution in [0.15, 0.2) is 42.5 Å². The summed E-state index contributed by atoms with van der Waals surface area (Å²) in [4.78, 5) is 12.2. The smallest absolute Gasteiger partial charge is 0.243 e. The van der Waals surface area contributed by atoms with E-state index in [1.807, 2.05) is 43.3 Å². The van der Waals surface area contributed by atoms with Gasteiger partial charge in [-0.1, -0.05) is 32.0 Å². The summed E-state index contributed by atoms with van der Waals surface area (Å²) in [5.74, 6) is 1.10. The molecule has 2 aromatic rings. The Morgan fingerprint density at radius 3 is 2.43 bits per heavy atom. The number of hydrogen-bond acceptors (Lipinski definition) is 3. The third kappa shape index (κ3) is 4.49. The Labute approximate surface area is 137 Å². The van der Waals surface area contributed by atoms with Crippen molar-refractivity contribution >= 4 is 17.3 Å². The van der Waals surface area contributed by atoms with Gasteiger partial charge in [-0.25, -0.2) is 0 Å². The summed E-state index contributed by atoms with van der Waals surface area (Å²) in [6.07, 6.45) is 0. The van der Waals surface area contributed by atoms with Crippen molar-refractivity contribution in [3.63, 3.8) is 0 Å². The molecule has 0 aliphatic heterocycles. The van der Waals surface area contributed by atoms with Crippen molar-refractivity contribution in [2.24, 2.45) is 0 Å². The Bertz CT molecular complexity index is 664. The fourth-order valence-corrected chi connectivity index (χ4v) is 2.42. The van der Waals surface area contributed by atoms with E-state index in [0.717, 1.165) is 28.3 Å². The zero-order valence-corrected chi connectivity index (χ0v) is 14.1. The number of anilines is 2. The first kappa shape index (κ1) is 16.9. The molecule has 122 valence electrons. The summed E-state index contributed by atoms with van der Waals surface area (Å²) in [5.41, 5.74) is 4.04. The lowest BCUT2D eigenvalue weighted by Gasteiger charge is -2.16. The lowest BCUT2D eigenvalue weighted by Crippen LogP contribution is -2.23. The highest BCUT2D eigenvalue weighted by Gasteiger charge is 2.11. The highest BCUT2D eigenvalue weighted by Crippen LogP contribution is 2.27. The maximum absolute atomic E-state index is 12.2. The first-order valence-corrected chi connectivity index (χ1v) is 7.78. The molecule has 0 saturated heterocycles. The molecule has 0 unspecified atom stereocenters. The van der Waals surface area contributed by atoms with Crippen molar-refractivity contribution < 1.29 is 9.53 Å². The molecule has 4 nitrogen and oxygen atoms in total. The van der Waals surface area contributed by atoms with Crippen molar-refractivity contribution in [1.29, 1.82) is 0 Å². The molecular weight excluding hydrogens is 288 g/mol. The van der Waals surface area contributed by atoms with Crippen LogP contribution in [-0.4, -0.2) is 19.6 Å². The van der Waals surface area contributed by atoms with Crippen molar-refractivity contribution in [2.75, 3.05) is 24.3 Å². The van der Waals surface area contributed by atoms with Crippen LogP contribution in [0.2, 0.25) is 0 Å². The van der Waals surface area contributed by atoms with Crippen LogP contribution in [0.5, 0.6) is 5.75 Å². The molecule has 2 N–H and O–H groups in total. The second-order valence-electron chi connectivity index (χ2n) is 5.82. The average Bonchev–Trinajstić information content (AvgIpc) is 2.55. The molecule has 4 heteroatoms. The van der Waals surface area contributed by atoms with Crippen LogP contribution in [0.4, 0.5) is 11.4 Å². The third-order valence-electron chi connectivity index (χ3n) is 3.73. The minimum Gasteiger partial charge on any atom is -0.497 e. The van der Waals surface area contributed by atoms with Gasteiger partial charge in [-0.15, -0.1) is 0 Å². The Hall–Kier alpha value is -2.49. The highest BCUT2D eigenvalue weighted by atomic mass is 16.5. The maximum atomic E-state index is 12.2. The number of aryl methyl sites for hydroxylation is 1. The minimum atomic E-state index is -0.0583. The summed E-state index contributed by atoms with van der Waals surface area (Å²) < 4.78 is 5.12. The van der Waals surface area contributed by atoms with Crippen LogP contribution in [-0.2, 0) is 4.79 Å². The van der Waals surface area contributed by atoms with Crippen molar-refractivity contribution in [3.8, 4) is 5.75 Å². The number of ether oxygens (including phenoxy) is 1. The summed E-state index contributed by atoms with van der Waals surface area (Å²) in [7, 11) is 1.63. The number of carbonyl (C=O) groups excluding carboxylic acids is 1. The number of hydrogen-bond donors (Lipinski definition) is 2. The highest BCUT2D eigenvalue weighted by molar-refractivity contribution is 5.95. The summed E-state index contributed by atoms with van der Waals surface area (Å²) >= 11 is 0. The molecule has 0 aliphatic carbocycles. The number of carbonyl (C=O) groups is 1. The molecule has 23 heavy (non-hydrogen) atoms. The first-order chi connectivity index (χ1) is 11.0. The molecule has 0 heterocycles. The molecule has 0 radical (unpaired) electrons. The average molecular weight is 312 g/mol. The maximum Gasteiger partial charge on any atom is 0.243 e. The summed E-state index contributed by atoms with van der Waals surface area (Å²) in [6, 6.07) is 13.6. The molecular formula is C19H24N2O2. The van der Waals surface area contributed by atoms with Gasteiger partial charge in [0.15, 0.2) is 0 Å². The molecule has 0 fully saturated rings. The largest absolute Gasteiger partial charge is 0.497 e. The first-order valence-electron chi connectivity index (χ1n) is 7.78. The lowest BCUT2D eigenvalue weighted by atomic mass is 9.98. The normalized spacial score (nSPS) is 10.5. The predicted molar refractivity (Wildman–Crippen MR) is 95.4 cm³/mol. The van der Waals surface area contributed by atoms with Gasteiger partial charge in [0.05, 0.1) is 13.7 Å². The van der Waals surface area contributed by atoms with E-state index in [1.165, 1.54) is 0 Å². The van der Waals surface area contributed by atoms with Crippen LogP contribution in [0.1, 0.15) is 30.9 Å². The van der Waals surface area contributed by atoms with E-state index in [1.54, 1.807) is 7.11 Å². The Balaban J connectivity index is 1.99. The number of amides is 1. The van der Waals surface area contributed by atoms with Crippen LogP contribution in [0.3, 0.4) is 0 Å². The molecule has 0 aliphatic rings. The second-order valence-corrected chi connectivity index (χ2v) is 5.82. The van der Waals surface area contributed by atoms with E-state index in [0.29, 0.717) is 5.92 Å². The van der Waals surface area contributed by atoms with E-state index in [-0.39, 0.29) is 12.5 Å². The monoisotopic (exact) mass is 312 g/mol. The van der Waals surface area contributed by atoms with Crippen LogP contribution in [0.25, 0.3) is 0 Å². The van der Waals surface area contributed by atoms with E-state index in [9.17, 15) is 4.79 Å². The van der Waals surface area contributed by atoms with Gasteiger partial charge in [-0.3, -0.25) is 4.79 Å². The number of para-hydroxylation sites is 1. The zero-order chi connectivity index (χ0) is 16.8. The molecule has 0 spiro atoms. The Morgan fingerprint density at radius 2 is 1.83 bits per heavy atom. The summed E-state index contributed by atoms with van der Waals surface area (Å²) in [6.45, 7) is 6.48. The van der Waals surface area contributed by atoms with E-state index in [4.69, 9.17) is 4.74 Å². The van der Waals surface area contributed by atoms with Gasteiger partial charge in [0, 0.05) is 11.4 Å². The van der Waals surface area contributed by atoms with Crippen molar-refractivity contribution in [3.05, 3.63) is 53.6 Å². The van der Waals surface area contributed by atoms with Gasteiger partial charge in [0.1, 0.15) is 5.75 Å². The lowest BCUT2D eigenvalue weighted by molar-refractivity contribution is -0.114. The molecule has 1 amide bonds. The Kier molecular flexibility index (Phi) is 5.63. The van der Waals surface area contributed by atoms with Gasteiger partial charge in [-0.2, -0.15) is 0 Å². The molecule has 0 aromatic heterocycles. The second kappa shape index (κ2) is 7.68. The fourth-order valence-electron chi connectivity index (χ4n) is 2.42. The van der Waals surface area contributed by atoms with Crippen LogP contribution in [0, 0.1) is 6.92 Å². The summed E-state index contributed by atoms with van der Waals surface area (Å²) in [5, 5.41) is 6.14. The fraction of sp³-hybridized carbons (Fsp3) is 0.316. The molecule has 2 aromatic carbocycles. The number of nitrogens with one attached hydrogen (secondary N) is 2. The van der Waals surface area contributed by atoms with Gasteiger partial charge >= 0.3 is 0 Å². The van der Waals surface area contributed by atoms with Gasteiger partial charge in [0.25, 0.3) is 0 Å². The number of rotatable bonds is 6. The van der Waals surface area contributed by atoms with Gasteiger partial charge < -0.3 is 15.4 Å². The SMILES string of the molecule is COc1ccc(NCC(=O)Nc2c(C)cccc2C(C)C)cc1. The van der Waals surface area contributed by atoms with Gasteiger partial charge in [-0.05, 0) is 48.2 Å². The van der Waals surface area contributed by atoms with Crippen molar-refractivity contribution in [1.82, 2.24) is 0 Å². The Morgan fingerprint density at radius 1 is 1.13 bits per heavy atom. The number of methoxy groups -OCH3 is 1. The van der Waals surface area contributed by atoms with Crippen LogP contribution < -0.4 is 15.4 Å². The third-order valence-corrected chi connectivity index (χ3v) is 3.73. The van der Waals surface area contributed by atoms with Crippen molar-refractivity contribution in [2.45, 2.75) is 26.7 Å². The molecule has 2 rings (SSSR count). The molecule has 0 saturated carbocycles. The molecule has 0 bridgehead atoms. The predicted octanol–water partition coefficient (Wildman–Crippen LogP) is 4.18. The topological polar surface area (TPSA) is 50.4 Å². The van der Waals surface area contributed by atoms with Gasteiger partial charge in [0.2, 0.25) is 5.91 Å². The van der Waals surface area contributed by atoms with E-state index >= 15 is 0 Å².